The van der Waals surface area contributed by atoms with Crippen molar-refractivity contribution in [2.75, 3.05) is 19.7 Å². The van der Waals surface area contributed by atoms with Crippen molar-refractivity contribution in [3.8, 4) is 11.1 Å². The summed E-state index contributed by atoms with van der Waals surface area (Å²) in [6.07, 6.45) is -0.168. The summed E-state index contributed by atoms with van der Waals surface area (Å²) >= 11 is 0. The van der Waals surface area contributed by atoms with Gasteiger partial charge < -0.3 is 20.5 Å². The largest absolute Gasteiger partial charge is 0.478 e. The predicted molar refractivity (Wildman–Crippen MR) is 123 cm³/mol. The van der Waals surface area contributed by atoms with Crippen molar-refractivity contribution < 1.29 is 24.2 Å². The van der Waals surface area contributed by atoms with E-state index in [1.807, 2.05) is 36.4 Å². The quantitative estimate of drug-likeness (QED) is 0.493. The maximum absolute atomic E-state index is 12.2. The molecule has 0 saturated carbocycles. The number of ether oxygens (including phenoxy) is 1. The Morgan fingerprint density at radius 3 is 2.18 bits per heavy atom. The van der Waals surface area contributed by atoms with Gasteiger partial charge in [-0.15, -0.1) is 0 Å². The van der Waals surface area contributed by atoms with E-state index in [-0.39, 0.29) is 30.5 Å². The molecule has 0 aromatic heterocycles. The predicted octanol–water partition coefficient (Wildman–Crippen LogP) is 3.58. The highest BCUT2D eigenvalue weighted by Gasteiger charge is 2.29. The second-order valence-corrected chi connectivity index (χ2v) is 7.78. The van der Waals surface area contributed by atoms with Gasteiger partial charge in [0, 0.05) is 12.5 Å². The minimum atomic E-state index is -0.992. The fourth-order valence-electron chi connectivity index (χ4n) is 4.07. The molecular weight excluding hydrogens is 420 g/mol. The zero-order valence-corrected chi connectivity index (χ0v) is 17.9. The summed E-state index contributed by atoms with van der Waals surface area (Å²) in [4.78, 5) is 35.2. The van der Waals surface area contributed by atoms with Crippen molar-refractivity contribution in [1.29, 1.82) is 0 Å². The average molecular weight is 444 g/mol. The summed E-state index contributed by atoms with van der Waals surface area (Å²) < 4.78 is 5.41. The maximum Gasteiger partial charge on any atom is 0.407 e. The molecule has 1 aliphatic carbocycles. The number of alkyl carbamates (subject to hydrolysis) is 1. The Labute approximate surface area is 191 Å². The number of aromatic carboxylic acids is 1. The summed E-state index contributed by atoms with van der Waals surface area (Å²) in [5.41, 5.74) is 5.55. The molecule has 0 radical (unpaired) electrons. The normalized spacial score (nSPS) is 11.9. The van der Waals surface area contributed by atoms with E-state index in [1.54, 1.807) is 18.2 Å². The second kappa shape index (κ2) is 9.99. The number of hydrogen-bond acceptors (Lipinski definition) is 4. The fourth-order valence-corrected chi connectivity index (χ4v) is 4.07. The highest BCUT2D eigenvalue weighted by Crippen LogP contribution is 2.44. The van der Waals surface area contributed by atoms with E-state index in [1.165, 1.54) is 6.07 Å². The number of carboxylic acid groups (broad SMARTS) is 1. The van der Waals surface area contributed by atoms with Gasteiger partial charge in [0.15, 0.2) is 0 Å². The summed E-state index contributed by atoms with van der Waals surface area (Å²) in [5.74, 6) is -1.38. The van der Waals surface area contributed by atoms with Crippen LogP contribution < -0.4 is 10.6 Å². The number of carboxylic acids is 1. The van der Waals surface area contributed by atoms with E-state index in [0.29, 0.717) is 13.0 Å². The molecule has 0 heterocycles. The highest BCUT2D eigenvalue weighted by atomic mass is 16.5. The average Bonchev–Trinajstić information content (AvgIpc) is 3.15. The second-order valence-electron chi connectivity index (χ2n) is 7.78. The van der Waals surface area contributed by atoms with E-state index in [4.69, 9.17) is 9.84 Å². The molecule has 3 aromatic carbocycles. The molecule has 1 aliphatic rings. The molecule has 0 aliphatic heterocycles. The molecule has 7 nitrogen and oxygen atoms in total. The molecule has 0 unspecified atom stereocenters. The van der Waals surface area contributed by atoms with Crippen LogP contribution in [0.25, 0.3) is 11.1 Å². The number of benzene rings is 3. The van der Waals surface area contributed by atoms with Gasteiger partial charge in [-0.3, -0.25) is 4.79 Å². The molecular formula is C26H24N2O5. The van der Waals surface area contributed by atoms with Gasteiger partial charge in [0.1, 0.15) is 6.61 Å². The molecule has 33 heavy (non-hydrogen) atoms. The molecule has 0 fully saturated rings. The summed E-state index contributed by atoms with van der Waals surface area (Å²) in [6.45, 7) is 0.307. The Morgan fingerprint density at radius 2 is 1.52 bits per heavy atom. The molecule has 168 valence electrons. The third-order valence-corrected chi connectivity index (χ3v) is 5.65. The monoisotopic (exact) mass is 444 g/mol. The lowest BCUT2D eigenvalue weighted by atomic mass is 9.98. The Kier molecular flexibility index (Phi) is 6.69. The first-order valence-corrected chi connectivity index (χ1v) is 10.7. The summed E-state index contributed by atoms with van der Waals surface area (Å²) in [7, 11) is 0. The van der Waals surface area contributed by atoms with Gasteiger partial charge in [-0.25, -0.2) is 9.59 Å². The van der Waals surface area contributed by atoms with Crippen LogP contribution in [0.15, 0.2) is 72.8 Å². The van der Waals surface area contributed by atoms with Crippen LogP contribution in [0.3, 0.4) is 0 Å². The van der Waals surface area contributed by atoms with Crippen LogP contribution in [-0.4, -0.2) is 42.8 Å². The van der Waals surface area contributed by atoms with E-state index in [0.717, 1.165) is 27.8 Å². The molecule has 7 heteroatoms. The van der Waals surface area contributed by atoms with Gasteiger partial charge in [-0.2, -0.15) is 0 Å². The molecule has 2 amide bonds. The van der Waals surface area contributed by atoms with Crippen LogP contribution in [-0.2, 0) is 16.0 Å². The zero-order chi connectivity index (χ0) is 23.2. The third-order valence-electron chi connectivity index (χ3n) is 5.65. The summed E-state index contributed by atoms with van der Waals surface area (Å²) in [6, 6.07) is 22.7. The van der Waals surface area contributed by atoms with Gasteiger partial charge in [0.2, 0.25) is 5.91 Å². The van der Waals surface area contributed by atoms with Gasteiger partial charge in [0.25, 0.3) is 0 Å². The number of amides is 2. The molecule has 3 N–H and O–H groups in total. The van der Waals surface area contributed by atoms with Crippen molar-refractivity contribution in [2.24, 2.45) is 0 Å². The van der Waals surface area contributed by atoms with E-state index < -0.39 is 12.1 Å². The fraction of sp³-hybridized carbons (Fsp3) is 0.192. The number of carbonyl (C=O) groups is 3. The van der Waals surface area contributed by atoms with Crippen molar-refractivity contribution in [1.82, 2.24) is 10.6 Å². The van der Waals surface area contributed by atoms with Crippen LogP contribution in [0.5, 0.6) is 0 Å². The van der Waals surface area contributed by atoms with Crippen molar-refractivity contribution in [3.05, 3.63) is 95.1 Å². The Morgan fingerprint density at radius 1 is 0.848 bits per heavy atom. The molecule has 3 aromatic rings. The van der Waals surface area contributed by atoms with Crippen molar-refractivity contribution in [3.63, 3.8) is 0 Å². The maximum atomic E-state index is 12.2. The first-order chi connectivity index (χ1) is 16.0. The molecule has 0 saturated heterocycles. The molecule has 0 bridgehead atoms. The SMILES string of the molecule is O=C(CNC(=O)OCC1c2ccccc2-c2ccccc21)NCCc1cccc(C(=O)O)c1. The Bertz CT molecular complexity index is 1150. The van der Waals surface area contributed by atoms with E-state index >= 15 is 0 Å². The van der Waals surface area contributed by atoms with Gasteiger partial charge in [0.05, 0.1) is 12.1 Å². The first-order valence-electron chi connectivity index (χ1n) is 10.7. The Hall–Kier alpha value is -4.13. The lowest BCUT2D eigenvalue weighted by Gasteiger charge is -2.14. The lowest BCUT2D eigenvalue weighted by Crippen LogP contribution is -2.38. The lowest BCUT2D eigenvalue weighted by molar-refractivity contribution is -0.120. The smallest absolute Gasteiger partial charge is 0.407 e. The zero-order valence-electron chi connectivity index (χ0n) is 17.9. The number of fused-ring (bicyclic) bond motifs is 3. The molecule has 0 spiro atoms. The number of carbonyl (C=O) groups excluding carboxylic acids is 2. The number of hydrogen-bond donors (Lipinski definition) is 3. The van der Waals surface area contributed by atoms with Gasteiger partial charge >= 0.3 is 12.1 Å². The van der Waals surface area contributed by atoms with Crippen molar-refractivity contribution >= 4 is 18.0 Å². The minimum Gasteiger partial charge on any atom is -0.478 e. The first kappa shape index (κ1) is 22.1. The van der Waals surface area contributed by atoms with Crippen LogP contribution in [0, 0.1) is 0 Å². The van der Waals surface area contributed by atoms with Crippen LogP contribution in [0.4, 0.5) is 4.79 Å². The Balaban J connectivity index is 1.22. The standard InChI is InChI=1S/C26H24N2O5/c29-24(27-13-12-17-6-5-7-18(14-17)25(30)31)15-28-26(32)33-16-23-21-10-3-1-8-19(21)20-9-2-4-11-22(20)23/h1-11,14,23H,12-13,15-16H2,(H,27,29)(H,28,32)(H,30,31). The van der Waals surface area contributed by atoms with Crippen LogP contribution in [0.2, 0.25) is 0 Å². The van der Waals surface area contributed by atoms with Crippen LogP contribution >= 0.6 is 0 Å². The van der Waals surface area contributed by atoms with Crippen LogP contribution in [0.1, 0.15) is 33.0 Å². The number of rotatable bonds is 8. The van der Waals surface area contributed by atoms with Gasteiger partial charge in [-0.1, -0.05) is 60.7 Å². The molecule has 0 atom stereocenters. The minimum absolute atomic E-state index is 0.0430. The topological polar surface area (TPSA) is 105 Å². The number of nitrogens with one attached hydrogen (secondary N) is 2. The van der Waals surface area contributed by atoms with Gasteiger partial charge in [-0.05, 0) is 46.4 Å². The highest BCUT2D eigenvalue weighted by molar-refractivity contribution is 5.87. The van der Waals surface area contributed by atoms with E-state index in [2.05, 4.69) is 22.8 Å². The third kappa shape index (κ3) is 5.20. The molecule has 4 rings (SSSR count). The summed E-state index contributed by atoms with van der Waals surface area (Å²) in [5, 5.41) is 14.2. The van der Waals surface area contributed by atoms with E-state index in [9.17, 15) is 14.4 Å². The van der Waals surface area contributed by atoms with Crippen molar-refractivity contribution in [2.45, 2.75) is 12.3 Å².